The molecule has 3 unspecified atom stereocenters. The van der Waals surface area contributed by atoms with E-state index in [0.29, 0.717) is 26.1 Å². The summed E-state index contributed by atoms with van der Waals surface area (Å²) in [6.45, 7) is 4.44. The molecule has 0 radical (unpaired) electrons. The molecule has 2 heterocycles. The van der Waals surface area contributed by atoms with Gasteiger partial charge < -0.3 is 19.5 Å². The minimum atomic E-state index is -1.01. The number of nitrogens with zero attached hydrogens (tertiary/aromatic N) is 1. The molecule has 2 fully saturated rings. The van der Waals surface area contributed by atoms with Crippen molar-refractivity contribution in [3.63, 3.8) is 0 Å². The van der Waals surface area contributed by atoms with Gasteiger partial charge in [0.1, 0.15) is 12.1 Å². The third kappa shape index (κ3) is 4.76. The Bertz CT molecular complexity index is 740. The summed E-state index contributed by atoms with van der Waals surface area (Å²) in [5, 5.41) is 12.6. The third-order valence-electron chi connectivity index (χ3n) is 5.60. The third-order valence-corrected chi connectivity index (χ3v) is 5.60. The number of fused-ring (bicyclic) bond motifs is 1. The number of ether oxygens (including phenoxy) is 2. The molecule has 0 saturated carbocycles. The lowest BCUT2D eigenvalue weighted by molar-refractivity contribution is -0.152. The van der Waals surface area contributed by atoms with E-state index in [2.05, 4.69) is 5.32 Å². The Hall–Kier alpha value is -2.45. The van der Waals surface area contributed by atoms with Gasteiger partial charge in [-0.2, -0.15) is 0 Å². The van der Waals surface area contributed by atoms with E-state index in [9.17, 15) is 19.5 Å². The van der Waals surface area contributed by atoms with Crippen LogP contribution in [0.5, 0.6) is 0 Å². The first kappa shape index (κ1) is 21.3. The number of likely N-dealkylation sites (tertiary alicyclic amines) is 1. The zero-order chi connectivity index (χ0) is 21.0. The summed E-state index contributed by atoms with van der Waals surface area (Å²) in [7, 11) is 0. The second-order valence-corrected chi connectivity index (χ2v) is 7.58. The highest BCUT2D eigenvalue weighted by Gasteiger charge is 2.50. The molecule has 2 aliphatic rings. The standard InChI is InChI=1S/C21H28N2O6/c1-3-29-21(27)16(9-14-7-5-4-6-8-14)22-13(2)19(24)23-17(20(25)26)10-15-11-28-12-18(15)23/h4-8,13,15-18,22H,3,9-12H2,1-2H3,(H,25,26)/t13?,15?,16-,17-,18?/m0/s1. The van der Waals surface area contributed by atoms with Crippen LogP contribution in [0.4, 0.5) is 0 Å². The average molecular weight is 404 g/mol. The monoisotopic (exact) mass is 404 g/mol. The SMILES string of the molecule is CCOC(=O)[C@H](Cc1ccccc1)NC(C)C(=O)N1C2COCC2C[C@H]1C(=O)O. The fourth-order valence-electron chi connectivity index (χ4n) is 4.19. The van der Waals surface area contributed by atoms with Crippen LogP contribution in [-0.4, -0.2) is 71.8 Å². The van der Waals surface area contributed by atoms with Crippen LogP contribution in [-0.2, 0) is 30.3 Å². The van der Waals surface area contributed by atoms with Crippen molar-refractivity contribution in [3.05, 3.63) is 35.9 Å². The zero-order valence-corrected chi connectivity index (χ0v) is 16.7. The van der Waals surface area contributed by atoms with Crippen LogP contribution in [0.15, 0.2) is 30.3 Å². The van der Waals surface area contributed by atoms with Gasteiger partial charge >= 0.3 is 11.9 Å². The highest BCUT2D eigenvalue weighted by molar-refractivity contribution is 5.88. The van der Waals surface area contributed by atoms with Crippen LogP contribution in [0.25, 0.3) is 0 Å². The summed E-state index contributed by atoms with van der Waals surface area (Å²) in [4.78, 5) is 38.8. The number of esters is 1. The van der Waals surface area contributed by atoms with Gasteiger partial charge in [-0.1, -0.05) is 30.3 Å². The molecule has 0 bridgehead atoms. The number of aliphatic carboxylic acids is 1. The van der Waals surface area contributed by atoms with E-state index >= 15 is 0 Å². The van der Waals surface area contributed by atoms with Crippen LogP contribution >= 0.6 is 0 Å². The Balaban J connectivity index is 1.73. The molecule has 2 N–H and O–H groups in total. The average Bonchev–Trinajstić information content (AvgIpc) is 3.29. The molecule has 2 saturated heterocycles. The van der Waals surface area contributed by atoms with Gasteiger partial charge in [-0.3, -0.25) is 14.9 Å². The lowest BCUT2D eigenvalue weighted by Crippen LogP contribution is -2.56. The van der Waals surface area contributed by atoms with Gasteiger partial charge in [-0.05, 0) is 32.3 Å². The van der Waals surface area contributed by atoms with Gasteiger partial charge in [0.25, 0.3) is 0 Å². The molecule has 2 aliphatic heterocycles. The molecular weight excluding hydrogens is 376 g/mol. The van der Waals surface area contributed by atoms with Crippen LogP contribution in [0.3, 0.4) is 0 Å². The summed E-state index contributed by atoms with van der Waals surface area (Å²) < 4.78 is 10.6. The lowest BCUT2D eigenvalue weighted by Gasteiger charge is -2.31. The van der Waals surface area contributed by atoms with Gasteiger partial charge in [0, 0.05) is 5.92 Å². The molecule has 1 amide bonds. The van der Waals surface area contributed by atoms with Crippen molar-refractivity contribution in [1.82, 2.24) is 10.2 Å². The molecule has 1 aromatic rings. The number of hydrogen-bond donors (Lipinski definition) is 2. The lowest BCUT2D eigenvalue weighted by atomic mass is 10.0. The first-order chi connectivity index (χ1) is 13.9. The number of carbonyl (C=O) groups is 3. The highest BCUT2D eigenvalue weighted by Crippen LogP contribution is 2.35. The fraction of sp³-hybridized carbons (Fsp3) is 0.571. The van der Waals surface area contributed by atoms with E-state index in [4.69, 9.17) is 9.47 Å². The number of carboxylic acids is 1. The summed E-state index contributed by atoms with van der Waals surface area (Å²) in [5.41, 5.74) is 0.937. The Morgan fingerprint density at radius 2 is 2.00 bits per heavy atom. The second kappa shape index (κ2) is 9.37. The molecule has 8 heteroatoms. The van der Waals surface area contributed by atoms with E-state index in [-0.39, 0.29) is 24.5 Å². The molecule has 3 rings (SSSR count). The zero-order valence-electron chi connectivity index (χ0n) is 16.7. The van der Waals surface area contributed by atoms with Crippen LogP contribution in [0.1, 0.15) is 25.8 Å². The number of carboxylic acid groups (broad SMARTS) is 1. The normalized spacial score (nSPS) is 25.3. The fourth-order valence-corrected chi connectivity index (χ4v) is 4.19. The molecule has 8 nitrogen and oxygen atoms in total. The Kier molecular flexibility index (Phi) is 6.87. The Labute approximate surface area is 170 Å². The molecule has 29 heavy (non-hydrogen) atoms. The number of rotatable bonds is 8. The maximum Gasteiger partial charge on any atom is 0.326 e. The number of carbonyl (C=O) groups excluding carboxylic acids is 2. The molecule has 0 spiro atoms. The topological polar surface area (TPSA) is 105 Å². The van der Waals surface area contributed by atoms with Crippen molar-refractivity contribution in [2.45, 2.75) is 50.9 Å². The first-order valence-corrected chi connectivity index (χ1v) is 10.0. The first-order valence-electron chi connectivity index (χ1n) is 10.0. The van der Waals surface area contributed by atoms with Crippen molar-refractivity contribution >= 4 is 17.8 Å². The van der Waals surface area contributed by atoms with Gasteiger partial charge in [0.2, 0.25) is 5.91 Å². The smallest absolute Gasteiger partial charge is 0.326 e. The van der Waals surface area contributed by atoms with E-state index in [0.717, 1.165) is 5.56 Å². The van der Waals surface area contributed by atoms with Gasteiger partial charge in [0.05, 0.1) is 31.9 Å². The number of nitrogens with one attached hydrogen (secondary N) is 1. The van der Waals surface area contributed by atoms with Gasteiger partial charge in [0.15, 0.2) is 0 Å². The molecule has 0 aromatic heterocycles. The largest absolute Gasteiger partial charge is 0.480 e. The maximum atomic E-state index is 13.2. The quantitative estimate of drug-likeness (QED) is 0.619. The van der Waals surface area contributed by atoms with Crippen molar-refractivity contribution < 1.29 is 29.0 Å². The van der Waals surface area contributed by atoms with Gasteiger partial charge in [-0.15, -0.1) is 0 Å². The molecule has 0 aliphatic carbocycles. The minimum absolute atomic E-state index is 0.0393. The second-order valence-electron chi connectivity index (χ2n) is 7.58. The molecule has 1 aromatic carbocycles. The Morgan fingerprint density at radius 1 is 1.28 bits per heavy atom. The number of hydrogen-bond acceptors (Lipinski definition) is 6. The van der Waals surface area contributed by atoms with Crippen molar-refractivity contribution in [2.24, 2.45) is 5.92 Å². The summed E-state index contributed by atoms with van der Waals surface area (Å²) >= 11 is 0. The summed E-state index contributed by atoms with van der Waals surface area (Å²) in [6.07, 6.45) is 0.762. The van der Waals surface area contributed by atoms with E-state index in [1.165, 1.54) is 4.90 Å². The van der Waals surface area contributed by atoms with E-state index in [1.54, 1.807) is 13.8 Å². The van der Waals surface area contributed by atoms with Crippen molar-refractivity contribution in [2.75, 3.05) is 19.8 Å². The van der Waals surface area contributed by atoms with Crippen molar-refractivity contribution in [1.29, 1.82) is 0 Å². The van der Waals surface area contributed by atoms with Crippen LogP contribution < -0.4 is 5.32 Å². The van der Waals surface area contributed by atoms with Crippen molar-refractivity contribution in [3.8, 4) is 0 Å². The predicted octanol–water partition coefficient (Wildman–Crippen LogP) is 0.839. The molecule has 5 atom stereocenters. The minimum Gasteiger partial charge on any atom is -0.480 e. The Morgan fingerprint density at radius 3 is 2.66 bits per heavy atom. The summed E-state index contributed by atoms with van der Waals surface area (Å²) in [6, 6.07) is 6.92. The van der Waals surface area contributed by atoms with E-state index < -0.39 is 30.1 Å². The molecular formula is C21H28N2O6. The highest BCUT2D eigenvalue weighted by atomic mass is 16.5. The number of amides is 1. The van der Waals surface area contributed by atoms with Crippen LogP contribution in [0.2, 0.25) is 0 Å². The summed E-state index contributed by atoms with van der Waals surface area (Å²) in [5.74, 6) is -1.74. The maximum absolute atomic E-state index is 13.2. The van der Waals surface area contributed by atoms with Crippen LogP contribution in [0, 0.1) is 5.92 Å². The van der Waals surface area contributed by atoms with E-state index in [1.807, 2.05) is 30.3 Å². The number of benzene rings is 1. The molecule has 158 valence electrons. The van der Waals surface area contributed by atoms with Gasteiger partial charge in [-0.25, -0.2) is 4.79 Å². The predicted molar refractivity (Wildman–Crippen MR) is 104 cm³/mol.